The van der Waals surface area contributed by atoms with Gasteiger partial charge in [0.1, 0.15) is 22.6 Å². The predicted octanol–water partition coefficient (Wildman–Crippen LogP) is 1.51. The van der Waals surface area contributed by atoms with E-state index in [1.165, 1.54) is 18.3 Å². The largest absolute Gasteiger partial charge is 0.486 e. The number of rotatable bonds is 7. The number of hydrogen-bond donors (Lipinski definition) is 1. The number of primary amides is 1. The fraction of sp³-hybridized carbons (Fsp3) is 0.286. The summed E-state index contributed by atoms with van der Waals surface area (Å²) in [6, 6.07) is 9.26. The molecule has 6 nitrogen and oxygen atoms in total. The highest BCUT2D eigenvalue weighted by Crippen LogP contribution is 2.17. The Morgan fingerprint density at radius 1 is 1.36 bits per heavy atom. The number of para-hydroxylation sites is 1. The van der Waals surface area contributed by atoms with Crippen molar-refractivity contribution in [2.45, 2.75) is 24.5 Å². The number of carbonyl (C=O) groups is 1. The molecule has 118 valence electrons. The maximum absolute atomic E-state index is 12.0. The van der Waals surface area contributed by atoms with E-state index < -0.39 is 21.0 Å². The summed E-state index contributed by atoms with van der Waals surface area (Å²) in [6.45, 7) is 1.55. The van der Waals surface area contributed by atoms with Gasteiger partial charge >= 0.3 is 0 Å². The first-order valence-electron chi connectivity index (χ1n) is 6.50. The smallest absolute Gasteiger partial charge is 0.235 e. The molecule has 0 saturated heterocycles. The molecule has 0 unspecified atom stereocenters. The zero-order valence-corrected chi connectivity index (χ0v) is 13.6. The lowest BCUT2D eigenvalue weighted by Gasteiger charge is -2.07. The van der Waals surface area contributed by atoms with Gasteiger partial charge in [0.05, 0.1) is 11.4 Å². The molecule has 22 heavy (non-hydrogen) atoms. The number of ether oxygens (including phenoxy) is 1. The summed E-state index contributed by atoms with van der Waals surface area (Å²) in [5.74, 6) is -0.448. The molecular weight excluding hydrogens is 324 g/mol. The van der Waals surface area contributed by atoms with Crippen molar-refractivity contribution in [1.29, 1.82) is 0 Å². The zero-order chi connectivity index (χ0) is 16.2. The van der Waals surface area contributed by atoms with Crippen LogP contribution in [0.5, 0.6) is 5.75 Å². The van der Waals surface area contributed by atoms with E-state index in [2.05, 4.69) is 4.98 Å². The lowest BCUT2D eigenvalue weighted by Crippen LogP contribution is -2.34. The Kier molecular flexibility index (Phi) is 5.15. The average Bonchev–Trinajstić information content (AvgIpc) is 2.92. The minimum atomic E-state index is -3.64. The summed E-state index contributed by atoms with van der Waals surface area (Å²) in [5.41, 5.74) is 5.43. The van der Waals surface area contributed by atoms with Crippen LogP contribution in [0.2, 0.25) is 0 Å². The number of nitrogens with zero attached hydrogens (tertiary/aromatic N) is 1. The van der Waals surface area contributed by atoms with Crippen LogP contribution < -0.4 is 10.5 Å². The second-order valence-electron chi connectivity index (χ2n) is 4.69. The lowest BCUT2D eigenvalue weighted by atomic mass is 10.3. The van der Waals surface area contributed by atoms with E-state index in [9.17, 15) is 13.2 Å². The maximum atomic E-state index is 12.0. The van der Waals surface area contributed by atoms with Crippen molar-refractivity contribution in [3.63, 3.8) is 0 Å². The fourth-order valence-corrected chi connectivity index (χ4v) is 3.63. The number of aromatic nitrogens is 1. The van der Waals surface area contributed by atoms with Gasteiger partial charge in [-0.25, -0.2) is 13.4 Å². The van der Waals surface area contributed by atoms with Crippen molar-refractivity contribution in [1.82, 2.24) is 4.98 Å². The maximum Gasteiger partial charge on any atom is 0.235 e. The number of hydrogen-bond acceptors (Lipinski definition) is 6. The van der Waals surface area contributed by atoms with Crippen LogP contribution in [0.1, 0.15) is 17.6 Å². The van der Waals surface area contributed by atoms with Crippen molar-refractivity contribution in [3.8, 4) is 5.75 Å². The molecule has 0 aliphatic heterocycles. The minimum absolute atomic E-state index is 0.264. The molecule has 2 aromatic rings. The van der Waals surface area contributed by atoms with Crippen LogP contribution in [0, 0.1) is 0 Å². The highest BCUT2D eigenvalue weighted by atomic mass is 32.2. The molecule has 0 radical (unpaired) electrons. The van der Waals surface area contributed by atoms with E-state index in [1.807, 2.05) is 30.3 Å². The van der Waals surface area contributed by atoms with Crippen LogP contribution in [0.15, 0.2) is 35.7 Å². The summed E-state index contributed by atoms with van der Waals surface area (Å²) in [5, 5.41) is 1.09. The highest BCUT2D eigenvalue weighted by Gasteiger charge is 2.27. The third-order valence-electron chi connectivity index (χ3n) is 2.99. The van der Waals surface area contributed by atoms with E-state index in [1.54, 1.807) is 5.38 Å². The van der Waals surface area contributed by atoms with Gasteiger partial charge in [0.15, 0.2) is 9.84 Å². The van der Waals surface area contributed by atoms with Crippen molar-refractivity contribution >= 4 is 27.1 Å². The van der Waals surface area contributed by atoms with E-state index in [0.29, 0.717) is 16.5 Å². The predicted molar refractivity (Wildman–Crippen MR) is 84.2 cm³/mol. The van der Waals surface area contributed by atoms with Gasteiger partial charge in [0, 0.05) is 5.38 Å². The van der Waals surface area contributed by atoms with Crippen molar-refractivity contribution in [2.24, 2.45) is 5.73 Å². The normalized spacial score (nSPS) is 12.8. The molecule has 0 spiro atoms. The molecule has 0 bridgehead atoms. The van der Waals surface area contributed by atoms with E-state index in [-0.39, 0.29) is 12.4 Å². The molecule has 1 aromatic heterocycles. The van der Waals surface area contributed by atoms with E-state index in [0.717, 1.165) is 0 Å². The monoisotopic (exact) mass is 340 g/mol. The molecule has 1 amide bonds. The summed E-state index contributed by atoms with van der Waals surface area (Å²) in [4.78, 5) is 15.2. The zero-order valence-electron chi connectivity index (χ0n) is 11.9. The third-order valence-corrected chi connectivity index (χ3v) is 5.87. The number of thiazole rings is 1. The van der Waals surface area contributed by atoms with Crippen LogP contribution in [0.25, 0.3) is 0 Å². The SMILES string of the molecule is C[C@@H](C(N)=O)S(=O)(=O)Cc1csc(COc2ccccc2)n1. The summed E-state index contributed by atoms with van der Waals surface area (Å²) < 4.78 is 29.5. The number of amides is 1. The third kappa shape index (κ3) is 4.28. The Morgan fingerprint density at radius 2 is 2.05 bits per heavy atom. The number of benzene rings is 1. The van der Waals surface area contributed by atoms with Gasteiger partial charge in [-0.1, -0.05) is 18.2 Å². The van der Waals surface area contributed by atoms with E-state index in [4.69, 9.17) is 10.5 Å². The lowest BCUT2D eigenvalue weighted by molar-refractivity contribution is -0.117. The number of sulfone groups is 1. The molecule has 0 aliphatic rings. The topological polar surface area (TPSA) is 99.4 Å². The fourth-order valence-electron chi connectivity index (χ4n) is 1.65. The first-order chi connectivity index (χ1) is 10.4. The van der Waals surface area contributed by atoms with Crippen LogP contribution in [0.4, 0.5) is 0 Å². The van der Waals surface area contributed by atoms with Crippen LogP contribution in [0.3, 0.4) is 0 Å². The molecule has 0 aliphatic carbocycles. The highest BCUT2D eigenvalue weighted by molar-refractivity contribution is 7.92. The van der Waals surface area contributed by atoms with Crippen molar-refractivity contribution in [2.75, 3.05) is 0 Å². The molecule has 0 saturated carbocycles. The molecule has 0 fully saturated rings. The first kappa shape index (κ1) is 16.4. The molecule has 1 heterocycles. The molecule has 1 aromatic carbocycles. The first-order valence-corrected chi connectivity index (χ1v) is 9.10. The molecular formula is C14H16N2O4S2. The van der Waals surface area contributed by atoms with Gasteiger partial charge in [0.25, 0.3) is 0 Å². The van der Waals surface area contributed by atoms with Crippen LogP contribution in [-0.4, -0.2) is 24.6 Å². The van der Waals surface area contributed by atoms with Crippen molar-refractivity contribution in [3.05, 3.63) is 46.4 Å². The number of nitrogens with two attached hydrogens (primary N) is 1. The van der Waals surface area contributed by atoms with Gasteiger partial charge in [-0.15, -0.1) is 11.3 Å². The minimum Gasteiger partial charge on any atom is -0.486 e. The number of carbonyl (C=O) groups excluding carboxylic acids is 1. The molecule has 1 atom stereocenters. The Hall–Kier alpha value is -1.93. The quantitative estimate of drug-likeness (QED) is 0.823. The van der Waals surface area contributed by atoms with Gasteiger partial charge in [-0.05, 0) is 19.1 Å². The van der Waals surface area contributed by atoms with Gasteiger partial charge in [0.2, 0.25) is 5.91 Å². The Labute approximate surface area is 132 Å². The van der Waals surface area contributed by atoms with Crippen LogP contribution >= 0.6 is 11.3 Å². The van der Waals surface area contributed by atoms with Crippen molar-refractivity contribution < 1.29 is 17.9 Å². The Bertz CT molecular complexity index is 741. The van der Waals surface area contributed by atoms with Gasteiger partial charge < -0.3 is 10.5 Å². The van der Waals surface area contributed by atoms with Gasteiger partial charge in [-0.3, -0.25) is 4.79 Å². The Balaban J connectivity index is 1.98. The Morgan fingerprint density at radius 3 is 2.68 bits per heavy atom. The summed E-state index contributed by atoms with van der Waals surface area (Å²) in [7, 11) is -3.64. The molecule has 2 N–H and O–H groups in total. The van der Waals surface area contributed by atoms with Crippen LogP contribution in [-0.2, 0) is 27.0 Å². The second kappa shape index (κ2) is 6.89. The summed E-state index contributed by atoms with van der Waals surface area (Å²) >= 11 is 1.31. The summed E-state index contributed by atoms with van der Waals surface area (Å²) in [6.07, 6.45) is 0. The molecule has 8 heteroatoms. The average molecular weight is 340 g/mol. The molecule has 2 rings (SSSR count). The second-order valence-corrected chi connectivity index (χ2v) is 7.95. The standard InChI is InChI=1S/C14H16N2O4S2/c1-10(14(15)17)22(18,19)9-11-8-21-13(16-11)7-20-12-5-3-2-4-6-12/h2-6,8,10H,7,9H2,1H3,(H2,15,17)/t10-/m0/s1. The van der Waals surface area contributed by atoms with Gasteiger partial charge in [-0.2, -0.15) is 0 Å². The van der Waals surface area contributed by atoms with E-state index >= 15 is 0 Å².